The first-order valence-electron chi connectivity index (χ1n) is 6.22. The van der Waals surface area contributed by atoms with Crippen molar-refractivity contribution in [3.8, 4) is 0 Å². The Balaban J connectivity index is 1.99. The minimum Gasteiger partial charge on any atom is -0.347 e. The summed E-state index contributed by atoms with van der Waals surface area (Å²) >= 11 is 6.04. The highest BCUT2D eigenvalue weighted by molar-refractivity contribution is 6.31. The van der Waals surface area contributed by atoms with Gasteiger partial charge in [0.25, 0.3) is 0 Å². The van der Waals surface area contributed by atoms with E-state index < -0.39 is 0 Å². The van der Waals surface area contributed by atoms with Gasteiger partial charge in [-0.25, -0.2) is 4.98 Å². The largest absolute Gasteiger partial charge is 0.347 e. The number of hydrogen-bond donors (Lipinski definition) is 2. The molecule has 1 heterocycles. The predicted molar refractivity (Wildman–Crippen MR) is 74.9 cm³/mol. The number of aromatic amines is 1. The van der Waals surface area contributed by atoms with Gasteiger partial charge >= 0.3 is 0 Å². The number of nitrogens with zero attached hydrogens (tertiary/aromatic N) is 1. The number of hydrogen-bond acceptors (Lipinski definition) is 2. The molecule has 0 aliphatic heterocycles. The van der Waals surface area contributed by atoms with Crippen LogP contribution in [0.2, 0.25) is 5.02 Å². The molecule has 100 valence electrons. The van der Waals surface area contributed by atoms with Gasteiger partial charge in [-0.2, -0.15) is 0 Å². The van der Waals surface area contributed by atoms with Gasteiger partial charge in [-0.05, 0) is 18.1 Å². The third-order valence-electron chi connectivity index (χ3n) is 2.90. The summed E-state index contributed by atoms with van der Waals surface area (Å²) in [6, 6.07) is 7.27. The van der Waals surface area contributed by atoms with Gasteiger partial charge in [0.2, 0.25) is 5.91 Å². The molecule has 2 aromatic rings. The molecule has 1 atom stereocenters. The van der Waals surface area contributed by atoms with Crippen molar-refractivity contribution in [2.45, 2.75) is 25.8 Å². The zero-order valence-electron chi connectivity index (χ0n) is 10.7. The molecule has 0 bridgehead atoms. The lowest BCUT2D eigenvalue weighted by Crippen LogP contribution is -2.30. The van der Waals surface area contributed by atoms with Crippen LogP contribution in [0.15, 0.2) is 36.7 Å². The molecule has 5 heteroatoms. The lowest BCUT2D eigenvalue weighted by Gasteiger charge is -2.15. The third-order valence-corrected chi connectivity index (χ3v) is 3.27. The summed E-state index contributed by atoms with van der Waals surface area (Å²) < 4.78 is 0. The summed E-state index contributed by atoms with van der Waals surface area (Å²) in [5.41, 5.74) is 0.830. The standard InChI is InChI=1S/C14H16ClN3O/c1-2-12(14-16-7-8-17-14)18-13(19)9-10-5-3-4-6-11(10)15/h3-8,12H,2,9H2,1H3,(H,16,17)(H,18,19). The van der Waals surface area contributed by atoms with E-state index in [4.69, 9.17) is 11.6 Å². The van der Waals surface area contributed by atoms with Gasteiger partial charge < -0.3 is 10.3 Å². The number of halogens is 1. The number of H-pyrrole nitrogens is 1. The minimum atomic E-state index is -0.0926. The van der Waals surface area contributed by atoms with Crippen molar-refractivity contribution in [3.05, 3.63) is 53.1 Å². The Labute approximate surface area is 117 Å². The maximum Gasteiger partial charge on any atom is 0.225 e. The Morgan fingerprint density at radius 3 is 2.89 bits per heavy atom. The van der Waals surface area contributed by atoms with Crippen molar-refractivity contribution < 1.29 is 4.79 Å². The highest BCUT2D eigenvalue weighted by atomic mass is 35.5. The van der Waals surface area contributed by atoms with E-state index >= 15 is 0 Å². The Morgan fingerprint density at radius 1 is 1.47 bits per heavy atom. The average Bonchev–Trinajstić information content (AvgIpc) is 2.92. The second-order valence-corrected chi connectivity index (χ2v) is 4.68. The Bertz CT molecular complexity index is 539. The fourth-order valence-electron chi connectivity index (χ4n) is 1.89. The maximum absolute atomic E-state index is 12.0. The zero-order valence-corrected chi connectivity index (χ0v) is 11.4. The lowest BCUT2D eigenvalue weighted by atomic mass is 10.1. The first-order chi connectivity index (χ1) is 9.20. The molecule has 2 rings (SSSR count). The quantitative estimate of drug-likeness (QED) is 0.883. The topological polar surface area (TPSA) is 57.8 Å². The molecule has 0 aliphatic carbocycles. The number of benzene rings is 1. The summed E-state index contributed by atoms with van der Waals surface area (Å²) in [6.45, 7) is 2.00. The molecule has 1 aromatic heterocycles. The van der Waals surface area contributed by atoms with Crippen LogP contribution in [-0.4, -0.2) is 15.9 Å². The third kappa shape index (κ3) is 3.58. The van der Waals surface area contributed by atoms with Crippen LogP contribution in [0.5, 0.6) is 0 Å². The summed E-state index contributed by atoms with van der Waals surface area (Å²) in [5, 5.41) is 3.57. The van der Waals surface area contributed by atoms with Crippen LogP contribution in [0.25, 0.3) is 0 Å². The van der Waals surface area contributed by atoms with E-state index in [-0.39, 0.29) is 18.4 Å². The molecule has 1 aromatic carbocycles. The molecule has 1 unspecified atom stereocenters. The van der Waals surface area contributed by atoms with Gasteiger partial charge in [-0.3, -0.25) is 4.79 Å². The first-order valence-corrected chi connectivity index (χ1v) is 6.60. The van der Waals surface area contributed by atoms with Crippen molar-refractivity contribution in [1.82, 2.24) is 15.3 Å². The first kappa shape index (κ1) is 13.6. The van der Waals surface area contributed by atoms with Crippen molar-refractivity contribution in [1.29, 1.82) is 0 Å². The van der Waals surface area contributed by atoms with Gasteiger partial charge in [-0.15, -0.1) is 0 Å². The molecule has 1 amide bonds. The number of aromatic nitrogens is 2. The summed E-state index contributed by atoms with van der Waals surface area (Å²) in [7, 11) is 0. The summed E-state index contributed by atoms with van der Waals surface area (Å²) in [6.07, 6.45) is 4.48. The second kappa shape index (κ2) is 6.38. The molecule has 4 nitrogen and oxygen atoms in total. The predicted octanol–water partition coefficient (Wildman–Crippen LogP) is 2.87. The number of amides is 1. The minimum absolute atomic E-state index is 0.0589. The van der Waals surface area contributed by atoms with Crippen LogP contribution in [0.1, 0.15) is 30.8 Å². The van der Waals surface area contributed by atoms with E-state index in [1.54, 1.807) is 18.5 Å². The fraction of sp³-hybridized carbons (Fsp3) is 0.286. The van der Waals surface area contributed by atoms with Gasteiger partial charge in [0.15, 0.2) is 0 Å². The number of imidazole rings is 1. The summed E-state index contributed by atoms with van der Waals surface area (Å²) in [4.78, 5) is 19.2. The van der Waals surface area contributed by atoms with Gasteiger partial charge in [-0.1, -0.05) is 36.7 Å². The second-order valence-electron chi connectivity index (χ2n) is 4.27. The van der Waals surface area contributed by atoms with Crippen molar-refractivity contribution in [3.63, 3.8) is 0 Å². The molecule has 0 fully saturated rings. The Hall–Kier alpha value is -1.81. The monoisotopic (exact) mass is 277 g/mol. The molecular formula is C14H16ClN3O. The SMILES string of the molecule is CCC(NC(=O)Cc1ccccc1Cl)c1ncc[nH]1. The number of carbonyl (C=O) groups is 1. The molecule has 0 radical (unpaired) electrons. The Morgan fingerprint density at radius 2 is 2.26 bits per heavy atom. The van der Waals surface area contributed by atoms with Crippen LogP contribution < -0.4 is 5.32 Å². The fourth-order valence-corrected chi connectivity index (χ4v) is 2.09. The molecule has 19 heavy (non-hydrogen) atoms. The van der Waals surface area contributed by atoms with E-state index in [1.165, 1.54) is 0 Å². The van der Waals surface area contributed by atoms with Crippen LogP contribution >= 0.6 is 11.6 Å². The molecule has 0 saturated heterocycles. The van der Waals surface area contributed by atoms with Crippen molar-refractivity contribution in [2.75, 3.05) is 0 Å². The normalized spacial score (nSPS) is 12.1. The van der Waals surface area contributed by atoms with Crippen LogP contribution in [0.3, 0.4) is 0 Å². The summed E-state index contributed by atoms with van der Waals surface area (Å²) in [5.74, 6) is 0.714. The zero-order chi connectivity index (χ0) is 13.7. The molecular weight excluding hydrogens is 262 g/mol. The highest BCUT2D eigenvalue weighted by Crippen LogP contribution is 2.16. The van der Waals surface area contributed by atoms with E-state index in [0.717, 1.165) is 17.8 Å². The Kier molecular flexibility index (Phi) is 4.58. The average molecular weight is 278 g/mol. The number of nitrogens with one attached hydrogen (secondary N) is 2. The van der Waals surface area contributed by atoms with Crippen molar-refractivity contribution in [2.24, 2.45) is 0 Å². The van der Waals surface area contributed by atoms with E-state index in [9.17, 15) is 4.79 Å². The molecule has 0 aliphatic rings. The van der Waals surface area contributed by atoms with E-state index in [0.29, 0.717) is 5.02 Å². The highest BCUT2D eigenvalue weighted by Gasteiger charge is 2.15. The van der Waals surface area contributed by atoms with Gasteiger partial charge in [0.1, 0.15) is 5.82 Å². The molecule has 2 N–H and O–H groups in total. The van der Waals surface area contributed by atoms with Crippen LogP contribution in [0.4, 0.5) is 0 Å². The molecule has 0 spiro atoms. The van der Waals surface area contributed by atoms with Crippen LogP contribution in [-0.2, 0) is 11.2 Å². The van der Waals surface area contributed by atoms with E-state index in [1.807, 2.05) is 25.1 Å². The molecule has 0 saturated carbocycles. The lowest BCUT2D eigenvalue weighted by molar-refractivity contribution is -0.121. The smallest absolute Gasteiger partial charge is 0.225 e. The maximum atomic E-state index is 12.0. The van der Waals surface area contributed by atoms with E-state index in [2.05, 4.69) is 15.3 Å². The van der Waals surface area contributed by atoms with Crippen molar-refractivity contribution >= 4 is 17.5 Å². The van der Waals surface area contributed by atoms with Gasteiger partial charge in [0.05, 0.1) is 12.5 Å². The number of rotatable bonds is 5. The van der Waals surface area contributed by atoms with Crippen LogP contribution in [0, 0.1) is 0 Å². The van der Waals surface area contributed by atoms with Gasteiger partial charge in [0, 0.05) is 17.4 Å². The number of carbonyl (C=O) groups excluding carboxylic acids is 1.